The Labute approximate surface area is 197 Å². The van der Waals surface area contributed by atoms with Gasteiger partial charge < -0.3 is 9.64 Å². The average Bonchev–Trinajstić information content (AvgIpc) is 3.20. The van der Waals surface area contributed by atoms with Gasteiger partial charge >= 0.3 is 6.09 Å². The van der Waals surface area contributed by atoms with E-state index in [1.807, 2.05) is 20.8 Å². The molecule has 0 bridgehead atoms. The fourth-order valence-corrected chi connectivity index (χ4v) is 5.09. The van der Waals surface area contributed by atoms with Crippen LogP contribution in [0.25, 0.3) is 0 Å². The molecule has 180 valence electrons. The second kappa shape index (κ2) is 7.90. The van der Waals surface area contributed by atoms with Gasteiger partial charge in [-0.1, -0.05) is 0 Å². The molecule has 1 unspecified atom stereocenters. The molecule has 2 fully saturated rings. The van der Waals surface area contributed by atoms with Crippen LogP contribution in [-0.2, 0) is 27.4 Å². The minimum Gasteiger partial charge on any atom is -0.444 e. The van der Waals surface area contributed by atoms with Crippen molar-refractivity contribution in [2.45, 2.75) is 58.3 Å². The van der Waals surface area contributed by atoms with E-state index < -0.39 is 35.3 Å². The molecule has 0 saturated carbocycles. The van der Waals surface area contributed by atoms with Crippen molar-refractivity contribution in [3.8, 4) is 0 Å². The topological polar surface area (TPSA) is 116 Å². The van der Waals surface area contributed by atoms with Gasteiger partial charge in [0.05, 0.1) is 11.1 Å². The summed E-state index contributed by atoms with van der Waals surface area (Å²) in [6.45, 7) is 8.97. The van der Waals surface area contributed by atoms with Crippen molar-refractivity contribution in [3.05, 3.63) is 34.4 Å². The highest BCUT2D eigenvalue weighted by Gasteiger charge is 2.45. The van der Waals surface area contributed by atoms with E-state index in [-0.39, 0.29) is 18.9 Å². The van der Waals surface area contributed by atoms with Crippen LogP contribution in [0.4, 0.5) is 4.79 Å². The second-order valence-electron chi connectivity index (χ2n) is 10.5. The van der Waals surface area contributed by atoms with Crippen LogP contribution >= 0.6 is 0 Å². The molecule has 4 aliphatic rings. The van der Waals surface area contributed by atoms with Crippen LogP contribution in [0.5, 0.6) is 0 Å². The summed E-state index contributed by atoms with van der Waals surface area (Å²) in [4.78, 5) is 66.8. The van der Waals surface area contributed by atoms with Crippen LogP contribution in [0, 0.1) is 5.92 Å². The third-order valence-electron chi connectivity index (χ3n) is 6.67. The first-order chi connectivity index (χ1) is 16.0. The molecular weight excluding hydrogens is 440 g/mol. The van der Waals surface area contributed by atoms with Gasteiger partial charge in [0.2, 0.25) is 11.8 Å². The zero-order valence-corrected chi connectivity index (χ0v) is 19.6. The van der Waals surface area contributed by atoms with Crippen molar-refractivity contribution >= 4 is 29.7 Å². The summed E-state index contributed by atoms with van der Waals surface area (Å²) in [7, 11) is 0. The fourth-order valence-electron chi connectivity index (χ4n) is 5.09. The van der Waals surface area contributed by atoms with Gasteiger partial charge in [-0.25, -0.2) is 4.79 Å². The van der Waals surface area contributed by atoms with Gasteiger partial charge in [0.1, 0.15) is 11.6 Å². The Morgan fingerprint density at radius 2 is 1.62 bits per heavy atom. The van der Waals surface area contributed by atoms with Crippen LogP contribution in [0.1, 0.15) is 65.5 Å². The molecule has 0 radical (unpaired) electrons. The lowest BCUT2D eigenvalue weighted by molar-refractivity contribution is -0.136. The Hall–Kier alpha value is -3.27. The average molecular weight is 469 g/mol. The number of benzene rings is 1. The summed E-state index contributed by atoms with van der Waals surface area (Å²) in [6, 6.07) is 2.58. The van der Waals surface area contributed by atoms with Gasteiger partial charge in [0, 0.05) is 45.1 Å². The summed E-state index contributed by atoms with van der Waals surface area (Å²) >= 11 is 0. The zero-order valence-electron chi connectivity index (χ0n) is 19.6. The number of hydrogen-bond donors (Lipinski definition) is 1. The molecule has 1 aromatic carbocycles. The Morgan fingerprint density at radius 3 is 2.15 bits per heavy atom. The number of piperidine rings is 1. The molecule has 1 atom stereocenters. The van der Waals surface area contributed by atoms with E-state index in [0.717, 1.165) is 22.6 Å². The van der Waals surface area contributed by atoms with E-state index in [1.54, 1.807) is 17.0 Å². The third kappa shape index (κ3) is 3.96. The highest BCUT2D eigenvalue weighted by atomic mass is 16.6. The number of carbonyl (C=O) groups excluding carboxylic acids is 5. The Kier molecular flexibility index (Phi) is 5.23. The first kappa shape index (κ1) is 22.5. The van der Waals surface area contributed by atoms with E-state index in [2.05, 4.69) is 10.2 Å². The maximum absolute atomic E-state index is 13.0. The predicted octanol–water partition coefficient (Wildman–Crippen LogP) is 1.27. The smallest absolute Gasteiger partial charge is 0.410 e. The number of imide groups is 2. The molecule has 4 heterocycles. The highest BCUT2D eigenvalue weighted by Crippen LogP contribution is 2.34. The molecule has 5 rings (SSSR count). The quantitative estimate of drug-likeness (QED) is 0.664. The normalized spacial score (nSPS) is 23.1. The van der Waals surface area contributed by atoms with Crippen LogP contribution in [0.2, 0.25) is 0 Å². The number of likely N-dealkylation sites (tertiary alicyclic amines) is 1. The minimum absolute atomic E-state index is 0.0990. The lowest BCUT2D eigenvalue weighted by Gasteiger charge is -2.41. The van der Waals surface area contributed by atoms with Crippen molar-refractivity contribution < 1.29 is 28.7 Å². The standard InChI is InChI=1S/C24H28N4O6/c1-24(2,3)34-23(33)27-9-13(10-27)8-26-11-14-6-16-17(7-15(14)12-26)22(32)28(21(16)31)18-4-5-19(29)25-20(18)30/h6-7,13,18H,4-5,8-12H2,1-3H3,(H,25,29,30). The summed E-state index contributed by atoms with van der Waals surface area (Å²) in [6.07, 6.45) is -0.0462. The van der Waals surface area contributed by atoms with Crippen molar-refractivity contribution in [1.82, 2.24) is 20.0 Å². The van der Waals surface area contributed by atoms with E-state index in [9.17, 15) is 24.0 Å². The molecular formula is C24H28N4O6. The van der Waals surface area contributed by atoms with Crippen LogP contribution < -0.4 is 5.32 Å². The van der Waals surface area contributed by atoms with Crippen LogP contribution in [0.15, 0.2) is 12.1 Å². The Bertz CT molecular complexity index is 1070. The molecule has 0 aliphatic carbocycles. The molecule has 10 nitrogen and oxygen atoms in total. The first-order valence-corrected chi connectivity index (χ1v) is 11.6. The van der Waals surface area contributed by atoms with Crippen molar-refractivity contribution in [2.75, 3.05) is 19.6 Å². The van der Waals surface area contributed by atoms with Crippen LogP contribution in [-0.4, -0.2) is 75.7 Å². The zero-order chi connectivity index (χ0) is 24.4. The fraction of sp³-hybridized carbons (Fsp3) is 0.542. The van der Waals surface area contributed by atoms with Crippen molar-refractivity contribution in [2.24, 2.45) is 5.92 Å². The van der Waals surface area contributed by atoms with Gasteiger partial charge in [-0.05, 0) is 50.5 Å². The molecule has 1 N–H and O–H groups in total. The van der Waals surface area contributed by atoms with Crippen molar-refractivity contribution in [3.63, 3.8) is 0 Å². The lowest BCUT2D eigenvalue weighted by atomic mass is 10.0. The second-order valence-corrected chi connectivity index (χ2v) is 10.5. The summed E-state index contributed by atoms with van der Waals surface area (Å²) in [5.41, 5.74) is 2.11. The van der Waals surface area contributed by atoms with Gasteiger partial charge in [-0.3, -0.25) is 34.3 Å². The third-order valence-corrected chi connectivity index (χ3v) is 6.67. The number of hydrogen-bond acceptors (Lipinski definition) is 7. The van der Waals surface area contributed by atoms with Gasteiger partial charge in [0.25, 0.3) is 11.8 Å². The maximum atomic E-state index is 13.0. The summed E-state index contributed by atoms with van der Waals surface area (Å²) < 4.78 is 5.40. The number of rotatable bonds is 3. The lowest BCUT2D eigenvalue weighted by Crippen LogP contribution is -2.54. The number of amides is 5. The monoisotopic (exact) mass is 468 g/mol. The number of carbonyl (C=O) groups is 5. The molecule has 2 saturated heterocycles. The number of nitrogens with zero attached hydrogens (tertiary/aromatic N) is 3. The van der Waals surface area contributed by atoms with Gasteiger partial charge in [-0.2, -0.15) is 0 Å². The summed E-state index contributed by atoms with van der Waals surface area (Å²) in [5.74, 6) is -1.62. The SMILES string of the molecule is CC(C)(C)OC(=O)N1CC(CN2Cc3cc4c(cc3C2)C(=O)N(C2CCC(=O)NC2=O)C4=O)C1. The Morgan fingerprint density at radius 1 is 1.03 bits per heavy atom. The van der Waals surface area contributed by atoms with E-state index in [1.165, 1.54) is 0 Å². The molecule has 0 aromatic heterocycles. The highest BCUT2D eigenvalue weighted by molar-refractivity contribution is 6.23. The van der Waals surface area contributed by atoms with Crippen molar-refractivity contribution in [1.29, 1.82) is 0 Å². The number of ether oxygens (including phenoxy) is 1. The van der Waals surface area contributed by atoms with E-state index in [4.69, 9.17) is 4.74 Å². The maximum Gasteiger partial charge on any atom is 0.410 e. The van der Waals surface area contributed by atoms with Gasteiger partial charge in [0.15, 0.2) is 0 Å². The number of nitrogens with one attached hydrogen (secondary N) is 1. The molecule has 4 aliphatic heterocycles. The van der Waals surface area contributed by atoms with Crippen LogP contribution in [0.3, 0.4) is 0 Å². The van der Waals surface area contributed by atoms with Gasteiger partial charge in [-0.15, -0.1) is 0 Å². The molecule has 5 amide bonds. The molecule has 34 heavy (non-hydrogen) atoms. The molecule has 0 spiro atoms. The first-order valence-electron chi connectivity index (χ1n) is 11.6. The number of fused-ring (bicyclic) bond motifs is 2. The molecule has 10 heteroatoms. The Balaban J connectivity index is 1.21. The largest absolute Gasteiger partial charge is 0.444 e. The molecule has 1 aromatic rings. The summed E-state index contributed by atoms with van der Waals surface area (Å²) in [5, 5.41) is 2.21. The van der Waals surface area contributed by atoms with E-state index >= 15 is 0 Å². The van der Waals surface area contributed by atoms with E-state index in [0.29, 0.717) is 43.2 Å². The predicted molar refractivity (Wildman–Crippen MR) is 119 cm³/mol. The minimum atomic E-state index is -0.956.